The zero-order valence-corrected chi connectivity index (χ0v) is 15.7. The van der Waals surface area contributed by atoms with Crippen LogP contribution in [-0.2, 0) is 4.74 Å². The van der Waals surface area contributed by atoms with Gasteiger partial charge in [-0.3, -0.25) is 0 Å². The standard InChI is InChI=1S/C18H23F3N2O5/c1-10-9-23(17(25)26)7-6-13(10)11(2)22-14-8-12(16(24)27-3)4-5-15(14)28-18(19,20)21/h4-5,8,10-11,13,22H,6-7,9H2,1-3H3,(H,25,26)/t10-,11?,13+/m1/s1. The maximum atomic E-state index is 12.7. The Balaban J connectivity index is 2.22. The van der Waals surface area contributed by atoms with Gasteiger partial charge in [0.15, 0.2) is 5.75 Å². The Hall–Kier alpha value is -2.65. The molecule has 1 aliphatic heterocycles. The summed E-state index contributed by atoms with van der Waals surface area (Å²) in [5.74, 6) is -1.11. The molecule has 0 aromatic heterocycles. The van der Waals surface area contributed by atoms with Crippen molar-refractivity contribution in [3.63, 3.8) is 0 Å². The van der Waals surface area contributed by atoms with Crippen molar-refractivity contribution in [3.05, 3.63) is 23.8 Å². The monoisotopic (exact) mass is 404 g/mol. The molecule has 1 aromatic carbocycles. The van der Waals surface area contributed by atoms with Crippen LogP contribution in [0, 0.1) is 11.8 Å². The van der Waals surface area contributed by atoms with E-state index in [1.165, 1.54) is 24.1 Å². The van der Waals surface area contributed by atoms with Gasteiger partial charge in [-0.25, -0.2) is 9.59 Å². The molecule has 3 atom stereocenters. The Morgan fingerprint density at radius 2 is 2.04 bits per heavy atom. The highest BCUT2D eigenvalue weighted by Gasteiger charge is 2.34. The number of carboxylic acid groups (broad SMARTS) is 1. The van der Waals surface area contributed by atoms with E-state index in [2.05, 4.69) is 14.8 Å². The van der Waals surface area contributed by atoms with E-state index in [1.807, 2.05) is 6.92 Å². The largest absolute Gasteiger partial charge is 0.573 e. The van der Waals surface area contributed by atoms with Crippen LogP contribution in [0.15, 0.2) is 18.2 Å². The Labute approximate surface area is 160 Å². The highest BCUT2D eigenvalue weighted by atomic mass is 19.4. The lowest BCUT2D eigenvalue weighted by Crippen LogP contribution is -2.46. The second-order valence-electron chi connectivity index (χ2n) is 6.84. The minimum Gasteiger partial charge on any atom is -0.465 e. The number of nitrogens with zero attached hydrogens (tertiary/aromatic N) is 1. The fourth-order valence-corrected chi connectivity index (χ4v) is 3.53. The number of piperidine rings is 1. The minimum absolute atomic E-state index is 0.00289. The van der Waals surface area contributed by atoms with E-state index in [-0.39, 0.29) is 29.1 Å². The molecule has 1 amide bonds. The quantitative estimate of drug-likeness (QED) is 0.726. The molecule has 0 spiro atoms. The first-order valence-electron chi connectivity index (χ1n) is 8.74. The van der Waals surface area contributed by atoms with Crippen molar-refractivity contribution in [1.29, 1.82) is 0 Å². The lowest BCUT2D eigenvalue weighted by atomic mass is 9.82. The zero-order chi connectivity index (χ0) is 21.1. The Morgan fingerprint density at radius 3 is 2.57 bits per heavy atom. The third-order valence-electron chi connectivity index (χ3n) is 4.89. The minimum atomic E-state index is -4.88. The lowest BCUT2D eigenvalue weighted by molar-refractivity contribution is -0.274. The number of hydrogen-bond donors (Lipinski definition) is 2. The fourth-order valence-electron chi connectivity index (χ4n) is 3.53. The summed E-state index contributed by atoms with van der Waals surface area (Å²) in [7, 11) is 1.18. The van der Waals surface area contributed by atoms with Crippen LogP contribution < -0.4 is 10.1 Å². The van der Waals surface area contributed by atoms with Gasteiger partial charge >= 0.3 is 18.4 Å². The Kier molecular flexibility index (Phi) is 6.63. The molecule has 0 aliphatic carbocycles. The number of carbonyl (C=O) groups excluding carboxylic acids is 1. The van der Waals surface area contributed by atoms with Gasteiger partial charge in [-0.1, -0.05) is 6.92 Å². The summed E-state index contributed by atoms with van der Waals surface area (Å²) in [6.07, 6.45) is -5.31. The average molecular weight is 404 g/mol. The number of ether oxygens (including phenoxy) is 2. The summed E-state index contributed by atoms with van der Waals surface area (Å²) in [5.41, 5.74) is 0.0982. The number of hydrogen-bond acceptors (Lipinski definition) is 5. The predicted octanol–water partition coefficient (Wildman–Crippen LogP) is 3.81. The van der Waals surface area contributed by atoms with Crippen LogP contribution in [-0.4, -0.2) is 54.7 Å². The second-order valence-corrected chi connectivity index (χ2v) is 6.84. The maximum absolute atomic E-state index is 12.7. The van der Waals surface area contributed by atoms with E-state index >= 15 is 0 Å². The molecular formula is C18H23F3N2O5. The smallest absolute Gasteiger partial charge is 0.465 e. The van der Waals surface area contributed by atoms with Crippen LogP contribution in [0.1, 0.15) is 30.6 Å². The summed E-state index contributed by atoms with van der Waals surface area (Å²) in [4.78, 5) is 24.2. The third-order valence-corrected chi connectivity index (χ3v) is 4.89. The SMILES string of the molecule is COC(=O)c1ccc(OC(F)(F)F)c(NC(C)[C@H]2CCN(C(=O)O)C[C@H]2C)c1. The van der Waals surface area contributed by atoms with Crippen molar-refractivity contribution in [2.24, 2.45) is 11.8 Å². The van der Waals surface area contributed by atoms with Gasteiger partial charge in [-0.15, -0.1) is 13.2 Å². The zero-order valence-electron chi connectivity index (χ0n) is 15.7. The summed E-state index contributed by atoms with van der Waals surface area (Å²) in [5, 5.41) is 12.1. The molecule has 28 heavy (non-hydrogen) atoms. The van der Waals surface area contributed by atoms with Crippen LogP contribution >= 0.6 is 0 Å². The molecule has 1 saturated heterocycles. The molecule has 2 rings (SSSR count). The van der Waals surface area contributed by atoms with Gasteiger partial charge in [0, 0.05) is 19.1 Å². The highest BCUT2D eigenvalue weighted by molar-refractivity contribution is 5.91. The van der Waals surface area contributed by atoms with Crippen LogP contribution in [0.3, 0.4) is 0 Å². The molecule has 2 N–H and O–H groups in total. The number of amides is 1. The Morgan fingerprint density at radius 1 is 1.36 bits per heavy atom. The van der Waals surface area contributed by atoms with Gasteiger partial charge < -0.3 is 24.8 Å². The van der Waals surface area contributed by atoms with Crippen molar-refractivity contribution >= 4 is 17.7 Å². The summed E-state index contributed by atoms with van der Waals surface area (Å²) < 4.78 is 46.8. The van der Waals surface area contributed by atoms with Crippen molar-refractivity contribution in [2.75, 3.05) is 25.5 Å². The van der Waals surface area contributed by atoms with E-state index in [0.29, 0.717) is 19.5 Å². The number of esters is 1. The number of anilines is 1. The normalized spacial score (nSPS) is 21.0. The number of rotatable bonds is 5. The van der Waals surface area contributed by atoms with Gasteiger partial charge in [0.2, 0.25) is 0 Å². The molecule has 156 valence electrons. The van der Waals surface area contributed by atoms with Gasteiger partial charge in [-0.05, 0) is 43.4 Å². The van der Waals surface area contributed by atoms with Crippen LogP contribution in [0.25, 0.3) is 0 Å². The number of benzene rings is 1. The first-order chi connectivity index (χ1) is 13.0. The maximum Gasteiger partial charge on any atom is 0.573 e. The molecule has 1 fully saturated rings. The van der Waals surface area contributed by atoms with E-state index in [1.54, 1.807) is 6.92 Å². The molecule has 0 saturated carbocycles. The van der Waals surface area contributed by atoms with E-state index in [9.17, 15) is 22.8 Å². The van der Waals surface area contributed by atoms with E-state index in [0.717, 1.165) is 6.07 Å². The van der Waals surface area contributed by atoms with E-state index < -0.39 is 24.2 Å². The van der Waals surface area contributed by atoms with Gasteiger partial charge in [0.05, 0.1) is 18.4 Å². The summed E-state index contributed by atoms with van der Waals surface area (Å²) in [6.45, 7) is 4.40. The van der Waals surface area contributed by atoms with Gasteiger partial charge in [0.25, 0.3) is 0 Å². The molecule has 0 radical (unpaired) electrons. The third kappa shape index (κ3) is 5.43. The number of alkyl halides is 3. The van der Waals surface area contributed by atoms with E-state index in [4.69, 9.17) is 5.11 Å². The van der Waals surface area contributed by atoms with Crippen molar-refractivity contribution in [1.82, 2.24) is 4.90 Å². The van der Waals surface area contributed by atoms with Crippen molar-refractivity contribution < 1.29 is 37.3 Å². The number of likely N-dealkylation sites (tertiary alicyclic amines) is 1. The predicted molar refractivity (Wildman–Crippen MR) is 94.4 cm³/mol. The molecule has 7 nitrogen and oxygen atoms in total. The van der Waals surface area contributed by atoms with Gasteiger partial charge in [-0.2, -0.15) is 0 Å². The fraction of sp³-hybridized carbons (Fsp3) is 0.556. The first-order valence-corrected chi connectivity index (χ1v) is 8.74. The molecule has 0 bridgehead atoms. The number of carbonyl (C=O) groups is 2. The summed E-state index contributed by atoms with van der Waals surface area (Å²) in [6, 6.07) is 3.22. The molecule has 10 heteroatoms. The molecule has 1 heterocycles. The lowest BCUT2D eigenvalue weighted by Gasteiger charge is -2.39. The highest BCUT2D eigenvalue weighted by Crippen LogP contribution is 2.34. The molecule has 1 aromatic rings. The van der Waals surface area contributed by atoms with Crippen molar-refractivity contribution in [3.8, 4) is 5.75 Å². The van der Waals surface area contributed by atoms with Crippen molar-refractivity contribution in [2.45, 2.75) is 32.7 Å². The molecule has 1 aliphatic rings. The number of halogens is 3. The molecular weight excluding hydrogens is 381 g/mol. The van der Waals surface area contributed by atoms with Crippen LogP contribution in [0.2, 0.25) is 0 Å². The molecule has 1 unspecified atom stereocenters. The average Bonchev–Trinajstić information content (AvgIpc) is 2.60. The number of nitrogens with one attached hydrogen (secondary N) is 1. The number of methoxy groups -OCH3 is 1. The van der Waals surface area contributed by atoms with Crippen LogP contribution in [0.4, 0.5) is 23.7 Å². The topological polar surface area (TPSA) is 88.1 Å². The second kappa shape index (κ2) is 8.57. The van der Waals surface area contributed by atoms with Crippen LogP contribution in [0.5, 0.6) is 5.75 Å². The van der Waals surface area contributed by atoms with Gasteiger partial charge in [0.1, 0.15) is 0 Å². The first kappa shape index (κ1) is 21.6. The Bertz CT molecular complexity index is 726. The summed E-state index contributed by atoms with van der Waals surface area (Å²) >= 11 is 0.